The van der Waals surface area contributed by atoms with Crippen LogP contribution < -0.4 is 14.2 Å². The summed E-state index contributed by atoms with van der Waals surface area (Å²) in [5, 5.41) is 27.6. The van der Waals surface area contributed by atoms with Crippen molar-refractivity contribution in [2.24, 2.45) is 0 Å². The number of allylic oxidation sites excluding steroid dienone is 1. The van der Waals surface area contributed by atoms with Gasteiger partial charge in [-0.1, -0.05) is 49.6 Å². The van der Waals surface area contributed by atoms with Crippen LogP contribution in [0.25, 0.3) is 22.3 Å². The molecule has 3 aromatic carbocycles. The minimum absolute atomic E-state index is 0.0761. The Morgan fingerprint density at radius 3 is 2.04 bits per heavy atom. The minimum atomic E-state index is -1.69. The van der Waals surface area contributed by atoms with E-state index in [-0.39, 0.29) is 31.2 Å². The standard InChI is InChI=1S/C34H36F2O9/c1-23(19-37)33(39)44-21-42-28-12-7-25(8-13-28)27-11-16-30(31(18-27)41-17-5-3-4-6-32(35)36)26-9-14-29(15-10-26)43-22-45-34(40)24(2)20-38/h6-16,18,33,37-39H,1-5,17,19-22H2. The van der Waals surface area contributed by atoms with Crippen LogP contribution >= 0.6 is 0 Å². The summed E-state index contributed by atoms with van der Waals surface area (Å²) in [7, 11) is 0. The molecular formula is C34H36F2O9. The third kappa shape index (κ3) is 11.5. The predicted molar refractivity (Wildman–Crippen MR) is 164 cm³/mol. The molecule has 0 aliphatic heterocycles. The lowest BCUT2D eigenvalue weighted by Gasteiger charge is -2.15. The molecule has 1 atom stereocenters. The van der Waals surface area contributed by atoms with Crippen molar-refractivity contribution in [3.05, 3.63) is 103 Å². The molecule has 0 spiro atoms. The van der Waals surface area contributed by atoms with E-state index in [1.165, 1.54) is 0 Å². The average Bonchev–Trinajstić information content (AvgIpc) is 3.05. The molecule has 0 saturated heterocycles. The van der Waals surface area contributed by atoms with Gasteiger partial charge in [0.05, 0.1) is 25.4 Å². The van der Waals surface area contributed by atoms with E-state index in [1.807, 2.05) is 42.5 Å². The molecule has 45 heavy (non-hydrogen) atoms. The van der Waals surface area contributed by atoms with Gasteiger partial charge in [0, 0.05) is 11.1 Å². The molecule has 0 radical (unpaired) electrons. The number of unbranched alkanes of at least 4 members (excludes halogenated alkanes) is 2. The van der Waals surface area contributed by atoms with Gasteiger partial charge in [0.2, 0.25) is 6.79 Å². The maximum Gasteiger partial charge on any atom is 0.338 e. The lowest BCUT2D eigenvalue weighted by Crippen LogP contribution is -2.19. The quantitative estimate of drug-likeness (QED) is 0.0483. The first-order chi connectivity index (χ1) is 21.7. The average molecular weight is 627 g/mol. The number of halogens is 2. The number of esters is 1. The number of rotatable bonds is 19. The predicted octanol–water partition coefficient (Wildman–Crippen LogP) is 6.00. The van der Waals surface area contributed by atoms with Gasteiger partial charge < -0.3 is 39.0 Å². The SMILES string of the molecule is C=C(CO)C(=O)OCOc1ccc(-c2ccc(-c3ccc(OCOC(O)C(=C)CO)cc3)cc2OCCCCC=C(F)F)cc1. The third-order valence-electron chi connectivity index (χ3n) is 6.39. The highest BCUT2D eigenvalue weighted by Crippen LogP contribution is 2.36. The Morgan fingerprint density at radius 1 is 0.800 bits per heavy atom. The highest BCUT2D eigenvalue weighted by atomic mass is 19.3. The number of ether oxygens (including phenoxy) is 5. The first-order valence-electron chi connectivity index (χ1n) is 14.0. The van der Waals surface area contributed by atoms with Gasteiger partial charge in [0.1, 0.15) is 17.2 Å². The van der Waals surface area contributed by atoms with Crippen LogP contribution in [0.4, 0.5) is 8.78 Å². The smallest absolute Gasteiger partial charge is 0.338 e. The van der Waals surface area contributed by atoms with E-state index < -0.39 is 31.6 Å². The van der Waals surface area contributed by atoms with Crippen LogP contribution in [-0.2, 0) is 14.3 Å². The normalized spacial score (nSPS) is 11.3. The van der Waals surface area contributed by atoms with Crippen LogP contribution in [0.15, 0.2) is 103 Å². The van der Waals surface area contributed by atoms with Crippen molar-refractivity contribution in [2.45, 2.75) is 25.6 Å². The number of hydrogen-bond acceptors (Lipinski definition) is 9. The van der Waals surface area contributed by atoms with Crippen molar-refractivity contribution in [2.75, 3.05) is 33.4 Å². The Hall–Kier alpha value is -4.55. The van der Waals surface area contributed by atoms with E-state index in [0.29, 0.717) is 36.7 Å². The fourth-order valence-corrected chi connectivity index (χ4v) is 3.85. The van der Waals surface area contributed by atoms with Gasteiger partial charge in [-0.3, -0.25) is 0 Å². The van der Waals surface area contributed by atoms with E-state index >= 15 is 0 Å². The van der Waals surface area contributed by atoms with Crippen LogP contribution in [0.2, 0.25) is 0 Å². The Labute approximate surface area is 260 Å². The molecule has 3 N–H and O–H groups in total. The van der Waals surface area contributed by atoms with Crippen molar-refractivity contribution in [3.63, 3.8) is 0 Å². The van der Waals surface area contributed by atoms with E-state index in [2.05, 4.69) is 13.2 Å². The maximum absolute atomic E-state index is 12.3. The zero-order chi connectivity index (χ0) is 32.6. The Balaban J connectivity index is 1.72. The summed E-state index contributed by atoms with van der Waals surface area (Å²) in [4.78, 5) is 11.6. The van der Waals surface area contributed by atoms with Crippen molar-refractivity contribution in [3.8, 4) is 39.5 Å². The summed E-state index contributed by atoms with van der Waals surface area (Å²) in [6.45, 7) is 5.71. The first kappa shape index (κ1) is 34.9. The van der Waals surface area contributed by atoms with Crippen molar-refractivity contribution in [1.29, 1.82) is 0 Å². The van der Waals surface area contributed by atoms with Crippen LogP contribution in [0, 0.1) is 0 Å². The highest BCUT2D eigenvalue weighted by Gasteiger charge is 2.12. The molecule has 1 unspecified atom stereocenters. The van der Waals surface area contributed by atoms with Gasteiger partial charge >= 0.3 is 5.97 Å². The number of carbonyl (C=O) groups excluding carboxylic acids is 1. The summed E-state index contributed by atoms with van der Waals surface area (Å²) < 4.78 is 51.8. The van der Waals surface area contributed by atoms with Crippen LogP contribution in [0.5, 0.6) is 17.2 Å². The zero-order valence-corrected chi connectivity index (χ0v) is 24.6. The van der Waals surface area contributed by atoms with Crippen LogP contribution in [0.3, 0.4) is 0 Å². The second-order valence-corrected chi connectivity index (χ2v) is 9.65. The van der Waals surface area contributed by atoms with E-state index in [9.17, 15) is 18.7 Å². The Kier molecular flexibility index (Phi) is 14.2. The summed E-state index contributed by atoms with van der Waals surface area (Å²) in [5.74, 6) is 0.798. The van der Waals surface area contributed by atoms with Crippen molar-refractivity contribution in [1.82, 2.24) is 0 Å². The van der Waals surface area contributed by atoms with Gasteiger partial charge in [-0.05, 0) is 72.4 Å². The van der Waals surface area contributed by atoms with E-state index in [1.54, 1.807) is 24.3 Å². The molecule has 3 rings (SSSR count). The summed E-state index contributed by atoms with van der Waals surface area (Å²) >= 11 is 0. The molecule has 0 bridgehead atoms. The summed E-state index contributed by atoms with van der Waals surface area (Å²) in [6, 6.07) is 20.0. The Morgan fingerprint density at radius 2 is 1.42 bits per heavy atom. The van der Waals surface area contributed by atoms with Gasteiger partial charge in [-0.2, -0.15) is 8.78 Å². The molecule has 240 valence electrons. The van der Waals surface area contributed by atoms with E-state index in [0.717, 1.165) is 28.3 Å². The lowest BCUT2D eigenvalue weighted by molar-refractivity contribution is -0.145. The first-order valence-corrected chi connectivity index (χ1v) is 14.0. The second kappa shape index (κ2) is 18.3. The second-order valence-electron chi connectivity index (χ2n) is 9.65. The number of carbonyl (C=O) groups is 1. The third-order valence-corrected chi connectivity index (χ3v) is 6.39. The monoisotopic (exact) mass is 626 g/mol. The number of aliphatic hydroxyl groups is 3. The van der Waals surface area contributed by atoms with Gasteiger partial charge in [0.25, 0.3) is 6.08 Å². The van der Waals surface area contributed by atoms with Crippen molar-refractivity contribution < 1.29 is 52.6 Å². The molecule has 3 aromatic rings. The van der Waals surface area contributed by atoms with Crippen molar-refractivity contribution >= 4 is 5.97 Å². The number of hydrogen-bond donors (Lipinski definition) is 3. The molecule has 0 amide bonds. The molecule has 0 aromatic heterocycles. The summed E-state index contributed by atoms with van der Waals surface area (Å²) in [6.07, 6.45) is -0.743. The molecule has 9 nitrogen and oxygen atoms in total. The number of benzene rings is 3. The number of aliphatic hydroxyl groups excluding tert-OH is 3. The molecule has 11 heteroatoms. The Bertz CT molecular complexity index is 1430. The highest BCUT2D eigenvalue weighted by molar-refractivity contribution is 5.87. The van der Waals surface area contributed by atoms with Gasteiger partial charge in [-0.15, -0.1) is 0 Å². The molecule has 0 aliphatic carbocycles. The largest absolute Gasteiger partial charge is 0.493 e. The zero-order valence-electron chi connectivity index (χ0n) is 24.6. The molecule has 0 aliphatic rings. The lowest BCUT2D eigenvalue weighted by atomic mass is 9.99. The molecular weight excluding hydrogens is 590 g/mol. The van der Waals surface area contributed by atoms with Crippen LogP contribution in [0.1, 0.15) is 19.3 Å². The van der Waals surface area contributed by atoms with E-state index in [4.69, 9.17) is 33.9 Å². The van der Waals surface area contributed by atoms with Crippen LogP contribution in [-0.4, -0.2) is 61.0 Å². The molecule has 0 heterocycles. The topological polar surface area (TPSA) is 124 Å². The minimum Gasteiger partial charge on any atom is -0.493 e. The fourth-order valence-electron chi connectivity index (χ4n) is 3.85. The summed E-state index contributed by atoms with van der Waals surface area (Å²) in [5.41, 5.74) is 3.40. The molecule has 0 fully saturated rings. The fraction of sp³-hybridized carbons (Fsp3) is 0.265. The van der Waals surface area contributed by atoms with Gasteiger partial charge in [-0.25, -0.2) is 4.79 Å². The van der Waals surface area contributed by atoms with Gasteiger partial charge in [0.15, 0.2) is 13.1 Å². The maximum atomic E-state index is 12.3. The molecule has 0 saturated carbocycles.